The maximum atomic E-state index is 12.0. The number of ether oxygens (including phenoxy) is 2. The van der Waals surface area contributed by atoms with Crippen LogP contribution in [0.25, 0.3) is 0 Å². The van der Waals surface area contributed by atoms with Gasteiger partial charge in [0.15, 0.2) is 0 Å². The Labute approximate surface area is 180 Å². The van der Waals surface area contributed by atoms with Crippen LogP contribution in [0.1, 0.15) is 40.9 Å². The van der Waals surface area contributed by atoms with Crippen molar-refractivity contribution in [1.29, 1.82) is 0 Å². The van der Waals surface area contributed by atoms with Crippen LogP contribution in [-0.4, -0.2) is 18.0 Å². The smallest absolute Gasteiger partial charge is 0.345 e. The van der Waals surface area contributed by atoms with Gasteiger partial charge in [-0.1, -0.05) is 35.6 Å². The second-order valence-electron chi connectivity index (χ2n) is 7.21. The lowest BCUT2D eigenvalue weighted by Crippen LogP contribution is -2.38. The Morgan fingerprint density at radius 1 is 0.900 bits per heavy atom. The monoisotopic (exact) mass is 415 g/mol. The molecule has 3 aromatic rings. The minimum absolute atomic E-state index is 0.396. The molecule has 0 aliphatic carbocycles. The summed E-state index contributed by atoms with van der Waals surface area (Å²) in [5.41, 5.74) is 3.84. The Hall–Kier alpha value is -3.55. The summed E-state index contributed by atoms with van der Waals surface area (Å²) < 4.78 is 10.9. The Balaban J connectivity index is 1.47. The van der Waals surface area contributed by atoms with E-state index < -0.39 is 11.8 Å². The molecule has 4 nitrogen and oxygen atoms in total. The van der Waals surface area contributed by atoms with Crippen molar-refractivity contribution in [2.24, 2.45) is 4.99 Å². The lowest BCUT2D eigenvalue weighted by atomic mass is 10.1. The molecule has 30 heavy (non-hydrogen) atoms. The Morgan fingerprint density at radius 2 is 1.53 bits per heavy atom. The molecule has 4 rings (SSSR count). The highest BCUT2D eigenvalue weighted by atomic mass is 35.5. The van der Waals surface area contributed by atoms with E-state index in [9.17, 15) is 4.79 Å². The van der Waals surface area contributed by atoms with Gasteiger partial charge in [0.1, 0.15) is 11.3 Å². The number of carbonyl (C=O) groups is 1. The third-order valence-corrected chi connectivity index (χ3v) is 4.60. The first kappa shape index (κ1) is 19.8. The van der Waals surface area contributed by atoms with Crippen LogP contribution >= 0.6 is 11.6 Å². The van der Waals surface area contributed by atoms with E-state index in [1.54, 1.807) is 38.3 Å². The fourth-order valence-corrected chi connectivity index (χ4v) is 3.01. The Morgan fingerprint density at radius 3 is 2.20 bits per heavy atom. The van der Waals surface area contributed by atoms with Crippen molar-refractivity contribution >= 4 is 29.5 Å². The van der Waals surface area contributed by atoms with Gasteiger partial charge in [-0.3, -0.25) is 4.99 Å². The SMILES string of the molecule is CC1(C)OC(=O)c2ccc(N=Cc3ccc(C#Cc4ccc(Cl)cc4)cc3)cc2O1. The summed E-state index contributed by atoms with van der Waals surface area (Å²) in [7, 11) is 0. The van der Waals surface area contributed by atoms with E-state index >= 15 is 0 Å². The number of cyclic esters (lactones) is 1. The van der Waals surface area contributed by atoms with E-state index in [0.29, 0.717) is 22.0 Å². The van der Waals surface area contributed by atoms with Crippen molar-refractivity contribution in [1.82, 2.24) is 0 Å². The van der Waals surface area contributed by atoms with Gasteiger partial charge in [-0.15, -0.1) is 0 Å². The summed E-state index contributed by atoms with van der Waals surface area (Å²) in [6.45, 7) is 3.39. The molecule has 0 amide bonds. The molecule has 0 atom stereocenters. The van der Waals surface area contributed by atoms with E-state index in [4.69, 9.17) is 21.1 Å². The van der Waals surface area contributed by atoms with Gasteiger partial charge < -0.3 is 9.47 Å². The predicted molar refractivity (Wildman–Crippen MR) is 118 cm³/mol. The number of halogens is 1. The van der Waals surface area contributed by atoms with Crippen molar-refractivity contribution < 1.29 is 14.3 Å². The molecule has 0 unspecified atom stereocenters. The van der Waals surface area contributed by atoms with Crippen LogP contribution in [0.15, 0.2) is 71.7 Å². The molecule has 1 aliphatic heterocycles. The second kappa shape index (κ2) is 8.06. The number of hydrogen-bond acceptors (Lipinski definition) is 4. The summed E-state index contributed by atoms with van der Waals surface area (Å²) >= 11 is 5.89. The van der Waals surface area contributed by atoms with Crippen LogP contribution in [0.3, 0.4) is 0 Å². The predicted octanol–water partition coefficient (Wildman–Crippen LogP) is 5.78. The van der Waals surface area contributed by atoms with Crippen molar-refractivity contribution in [2.75, 3.05) is 0 Å². The molecule has 0 saturated heterocycles. The number of nitrogens with zero attached hydrogens (tertiary/aromatic N) is 1. The lowest BCUT2D eigenvalue weighted by molar-refractivity contribution is -0.127. The summed E-state index contributed by atoms with van der Waals surface area (Å²) in [6.07, 6.45) is 1.75. The standard InChI is InChI=1S/C25H18ClNO3/c1-25(2)29-23-15-21(13-14-22(23)24(28)30-25)27-16-19-7-5-17(6-8-19)3-4-18-9-11-20(26)12-10-18/h5-16H,1-2H3. The summed E-state index contributed by atoms with van der Waals surface area (Å²) in [4.78, 5) is 16.5. The maximum Gasteiger partial charge on any atom is 0.345 e. The highest BCUT2D eigenvalue weighted by Crippen LogP contribution is 2.34. The van der Waals surface area contributed by atoms with Crippen molar-refractivity contribution in [2.45, 2.75) is 19.6 Å². The van der Waals surface area contributed by atoms with Crippen molar-refractivity contribution in [3.8, 4) is 17.6 Å². The van der Waals surface area contributed by atoms with Gasteiger partial charge >= 0.3 is 5.97 Å². The minimum Gasteiger partial charge on any atom is -0.452 e. The molecule has 3 aromatic carbocycles. The molecule has 1 heterocycles. The van der Waals surface area contributed by atoms with Gasteiger partial charge in [0.05, 0.1) is 5.69 Å². The zero-order valence-electron chi connectivity index (χ0n) is 16.5. The quantitative estimate of drug-likeness (QED) is 0.303. The molecule has 0 aromatic heterocycles. The van der Waals surface area contributed by atoms with E-state index in [0.717, 1.165) is 16.7 Å². The van der Waals surface area contributed by atoms with Crippen LogP contribution in [0, 0.1) is 11.8 Å². The third-order valence-electron chi connectivity index (χ3n) is 4.35. The zero-order valence-corrected chi connectivity index (χ0v) is 17.2. The maximum absolute atomic E-state index is 12.0. The van der Waals surface area contributed by atoms with Gasteiger partial charge in [-0.25, -0.2) is 4.79 Å². The molecule has 1 aliphatic rings. The summed E-state index contributed by atoms with van der Waals surface area (Å²) in [5, 5.41) is 0.693. The van der Waals surface area contributed by atoms with Crippen LogP contribution < -0.4 is 4.74 Å². The third kappa shape index (κ3) is 4.71. The number of aliphatic imine (C=N–C) groups is 1. The van der Waals surface area contributed by atoms with Gasteiger partial charge in [-0.2, -0.15) is 0 Å². The molecule has 148 valence electrons. The van der Waals surface area contributed by atoms with E-state index in [1.807, 2.05) is 48.5 Å². The normalized spacial score (nSPS) is 14.3. The van der Waals surface area contributed by atoms with Crippen molar-refractivity contribution in [3.05, 3.63) is 94.0 Å². The van der Waals surface area contributed by atoms with E-state index in [1.165, 1.54) is 0 Å². The van der Waals surface area contributed by atoms with E-state index in [2.05, 4.69) is 16.8 Å². The first-order chi connectivity index (χ1) is 14.4. The summed E-state index contributed by atoms with van der Waals surface area (Å²) in [6, 6.07) is 20.4. The molecular weight excluding hydrogens is 398 g/mol. The zero-order chi connectivity index (χ0) is 21.1. The van der Waals surface area contributed by atoms with Crippen LogP contribution in [0.4, 0.5) is 5.69 Å². The molecule has 0 bridgehead atoms. The highest BCUT2D eigenvalue weighted by molar-refractivity contribution is 6.30. The molecule has 0 N–H and O–H groups in total. The number of benzene rings is 3. The first-order valence-electron chi connectivity index (χ1n) is 9.36. The number of esters is 1. The van der Waals surface area contributed by atoms with Crippen LogP contribution in [-0.2, 0) is 4.74 Å². The molecular formula is C25H18ClNO3. The molecule has 5 heteroatoms. The number of hydrogen-bond donors (Lipinski definition) is 0. The molecule has 0 fully saturated rings. The minimum atomic E-state index is -0.991. The average Bonchev–Trinajstić information content (AvgIpc) is 2.71. The average molecular weight is 416 g/mol. The molecule has 0 radical (unpaired) electrons. The molecule has 0 saturated carbocycles. The fraction of sp³-hybridized carbons (Fsp3) is 0.120. The largest absolute Gasteiger partial charge is 0.452 e. The molecule has 0 spiro atoms. The number of carbonyl (C=O) groups excluding carboxylic acids is 1. The number of fused-ring (bicyclic) bond motifs is 1. The van der Waals surface area contributed by atoms with E-state index in [-0.39, 0.29) is 0 Å². The number of rotatable bonds is 2. The van der Waals surface area contributed by atoms with Gasteiger partial charge in [0, 0.05) is 42.3 Å². The Bertz CT molecular complexity index is 1180. The summed E-state index contributed by atoms with van der Waals surface area (Å²) in [5.74, 6) is 5.32. The fourth-order valence-electron chi connectivity index (χ4n) is 2.89. The van der Waals surface area contributed by atoms with Crippen LogP contribution in [0.2, 0.25) is 5.02 Å². The van der Waals surface area contributed by atoms with Crippen molar-refractivity contribution in [3.63, 3.8) is 0 Å². The highest BCUT2D eigenvalue weighted by Gasteiger charge is 2.33. The van der Waals surface area contributed by atoms with Crippen LogP contribution in [0.5, 0.6) is 5.75 Å². The lowest BCUT2D eigenvalue weighted by Gasteiger charge is -2.31. The second-order valence-corrected chi connectivity index (χ2v) is 7.65. The topological polar surface area (TPSA) is 47.9 Å². The Kier molecular flexibility index (Phi) is 5.31. The first-order valence-corrected chi connectivity index (χ1v) is 9.74. The van der Waals surface area contributed by atoms with Gasteiger partial charge in [0.2, 0.25) is 5.79 Å². The van der Waals surface area contributed by atoms with Gasteiger partial charge in [-0.05, 0) is 54.1 Å². The van der Waals surface area contributed by atoms with Gasteiger partial charge in [0.25, 0.3) is 0 Å².